The Morgan fingerprint density at radius 2 is 1.00 bits per heavy atom. The van der Waals surface area contributed by atoms with E-state index in [0.717, 1.165) is 0 Å². The minimum absolute atomic E-state index is 0. The first kappa shape index (κ1) is 22.5. The van der Waals surface area contributed by atoms with Crippen molar-refractivity contribution >= 4 is 45.6 Å². The van der Waals surface area contributed by atoms with E-state index in [1.807, 2.05) is 0 Å². The van der Waals surface area contributed by atoms with Crippen LogP contribution in [-0.4, -0.2) is 37.7 Å². The Bertz CT molecular complexity index is 60.2. The van der Waals surface area contributed by atoms with Crippen molar-refractivity contribution in [3.63, 3.8) is 0 Å². The summed E-state index contributed by atoms with van der Waals surface area (Å²) in [7, 11) is -5.39. The Hall–Kier alpha value is 3.37. The molecule has 0 spiro atoms. The Kier molecular flexibility index (Phi) is 29.2. The van der Waals surface area contributed by atoms with E-state index in [4.69, 9.17) is 19.2 Å². The maximum atomic E-state index is 8.55. The largest absolute Gasteiger partial charge is 2.00 e. The molecule has 0 aromatic heterocycles. The summed E-state index contributed by atoms with van der Waals surface area (Å²) in [6.07, 6.45) is 0. The fraction of sp³-hybridized carbons (Fsp3) is 0. The van der Waals surface area contributed by atoms with Gasteiger partial charge < -0.3 is 19.2 Å². The van der Waals surface area contributed by atoms with Crippen LogP contribution in [0.3, 0.4) is 0 Å². The first-order valence-corrected chi connectivity index (χ1v) is 2.19. The van der Waals surface area contributed by atoms with Crippen molar-refractivity contribution in [2.75, 3.05) is 0 Å². The molecule has 0 radical (unpaired) electrons. The summed E-state index contributed by atoms with van der Waals surface area (Å²) in [6.45, 7) is 0. The van der Waals surface area contributed by atoms with Gasteiger partial charge in [-0.1, -0.05) is 0 Å². The molecular weight excluding hydrogens is 181 g/mol. The monoisotopic (exact) mass is 181 g/mol. The van der Waals surface area contributed by atoms with E-state index in [0.29, 0.717) is 0 Å². The molecule has 0 amide bonds. The zero-order valence-corrected chi connectivity index (χ0v) is 11.9. The predicted molar refractivity (Wildman–Crippen MR) is 13.4 cm³/mol. The molecular formula is CaNa2O4P+. The second kappa shape index (κ2) is 10.4. The van der Waals surface area contributed by atoms with Crippen molar-refractivity contribution in [2.45, 2.75) is 0 Å². The molecule has 8 heteroatoms. The third-order valence-corrected chi connectivity index (χ3v) is 0. The number of rotatable bonds is 0. The first-order valence-electron chi connectivity index (χ1n) is 0.730. The molecule has 0 aliphatic heterocycles. The van der Waals surface area contributed by atoms with Gasteiger partial charge in [-0.2, -0.15) is 7.82 Å². The van der Waals surface area contributed by atoms with E-state index in [9.17, 15) is 0 Å². The molecule has 0 atom stereocenters. The minimum atomic E-state index is -5.39. The molecule has 4 nitrogen and oxygen atoms in total. The van der Waals surface area contributed by atoms with E-state index in [1.165, 1.54) is 0 Å². The van der Waals surface area contributed by atoms with E-state index in [-0.39, 0.29) is 96.9 Å². The topological polar surface area (TPSA) is 86.2 Å². The average Bonchev–Trinajstić information content (AvgIpc) is 0.722. The number of phosphoric acid groups is 1. The summed E-state index contributed by atoms with van der Waals surface area (Å²) >= 11 is 0. The Balaban J connectivity index is -0.0000000267. The van der Waals surface area contributed by atoms with Crippen LogP contribution in [0.25, 0.3) is 0 Å². The van der Waals surface area contributed by atoms with Crippen LogP contribution in [0.1, 0.15) is 0 Å². The van der Waals surface area contributed by atoms with Gasteiger partial charge in [0.1, 0.15) is 0 Å². The molecule has 8 heavy (non-hydrogen) atoms. The molecule has 0 fully saturated rings. The summed E-state index contributed by atoms with van der Waals surface area (Å²) in [6, 6.07) is 0. The van der Waals surface area contributed by atoms with Crippen molar-refractivity contribution in [3.05, 3.63) is 0 Å². The van der Waals surface area contributed by atoms with Crippen LogP contribution in [0.5, 0.6) is 0 Å². The second-order valence-corrected chi connectivity index (χ2v) is 1.34. The maximum absolute atomic E-state index is 8.55. The Labute approximate surface area is 121 Å². The van der Waals surface area contributed by atoms with Gasteiger partial charge in [-0.3, -0.25) is 0 Å². The summed E-state index contributed by atoms with van der Waals surface area (Å²) in [5.74, 6) is 0. The third-order valence-electron chi connectivity index (χ3n) is 0. The SMILES string of the molecule is O=P([O-])([O-])[O-].[Ca+2].[Na+].[Na+]. The van der Waals surface area contributed by atoms with E-state index in [2.05, 4.69) is 0 Å². The minimum Gasteiger partial charge on any atom is -0.822 e. The summed E-state index contributed by atoms with van der Waals surface area (Å²) < 4.78 is 8.55. The fourth-order valence-corrected chi connectivity index (χ4v) is 0. The summed E-state index contributed by atoms with van der Waals surface area (Å²) in [5.41, 5.74) is 0. The van der Waals surface area contributed by atoms with Gasteiger partial charge in [-0.25, -0.2) is 0 Å². The van der Waals surface area contributed by atoms with E-state index < -0.39 is 7.82 Å². The first-order chi connectivity index (χ1) is 2.00. The van der Waals surface area contributed by atoms with Gasteiger partial charge in [-0.05, 0) is 0 Å². The molecule has 0 aromatic carbocycles. The van der Waals surface area contributed by atoms with Gasteiger partial charge in [-0.15, -0.1) is 0 Å². The molecule has 0 unspecified atom stereocenters. The Morgan fingerprint density at radius 1 is 1.00 bits per heavy atom. The molecule has 0 saturated carbocycles. The van der Waals surface area contributed by atoms with Crippen LogP contribution in [-0.2, 0) is 4.57 Å². The van der Waals surface area contributed by atoms with Gasteiger partial charge in [0.25, 0.3) is 0 Å². The van der Waals surface area contributed by atoms with Gasteiger partial charge in [0.2, 0.25) is 0 Å². The molecule has 0 aliphatic rings. The fourth-order valence-electron chi connectivity index (χ4n) is 0. The third kappa shape index (κ3) is 57.8. The molecule has 0 rings (SSSR count). The van der Waals surface area contributed by atoms with Crippen molar-refractivity contribution in [1.29, 1.82) is 0 Å². The number of hydrogen-bond acceptors (Lipinski definition) is 4. The van der Waals surface area contributed by atoms with Crippen LogP contribution in [0.15, 0.2) is 0 Å². The van der Waals surface area contributed by atoms with E-state index >= 15 is 0 Å². The molecule has 0 bridgehead atoms. The number of hydrogen-bond donors (Lipinski definition) is 0. The zero-order valence-electron chi connectivity index (χ0n) is 4.79. The van der Waals surface area contributed by atoms with Crippen molar-refractivity contribution in [3.8, 4) is 0 Å². The van der Waals surface area contributed by atoms with E-state index in [1.54, 1.807) is 0 Å². The molecule has 0 saturated heterocycles. The molecule has 32 valence electrons. The smallest absolute Gasteiger partial charge is 0.822 e. The van der Waals surface area contributed by atoms with Crippen LogP contribution >= 0.6 is 7.82 Å². The van der Waals surface area contributed by atoms with Crippen LogP contribution in [0, 0.1) is 0 Å². The predicted octanol–water partition coefficient (Wildman–Crippen LogP) is -9.20. The maximum Gasteiger partial charge on any atom is 2.00 e. The van der Waals surface area contributed by atoms with Crippen LogP contribution < -0.4 is 73.8 Å². The van der Waals surface area contributed by atoms with Gasteiger partial charge in [0, 0.05) is 0 Å². The molecule has 0 aliphatic carbocycles. The molecule has 0 aromatic rings. The molecule has 0 heterocycles. The average molecular weight is 181 g/mol. The quantitative estimate of drug-likeness (QED) is 0.274. The van der Waals surface area contributed by atoms with Gasteiger partial charge >= 0.3 is 96.9 Å². The van der Waals surface area contributed by atoms with Gasteiger partial charge in [0.05, 0.1) is 0 Å². The summed E-state index contributed by atoms with van der Waals surface area (Å²) in [5, 5.41) is 0. The standard InChI is InChI=1S/Ca.2Na.H3O4P/c;;;1-5(2,3)4/h;;;(H3,1,2,3,4)/q+2;2*+1;/p-3. The second-order valence-electron chi connectivity index (χ2n) is 0.447. The van der Waals surface area contributed by atoms with Crippen LogP contribution in [0.2, 0.25) is 0 Å². The van der Waals surface area contributed by atoms with Gasteiger partial charge in [0.15, 0.2) is 0 Å². The zero-order chi connectivity index (χ0) is 4.50. The normalized spacial score (nSPS) is 7.38. The van der Waals surface area contributed by atoms with Crippen LogP contribution in [0.4, 0.5) is 0 Å². The summed E-state index contributed by atoms with van der Waals surface area (Å²) in [4.78, 5) is 25.6. The van der Waals surface area contributed by atoms with Crippen molar-refractivity contribution < 1.29 is 78.4 Å². The Morgan fingerprint density at radius 3 is 1.00 bits per heavy atom. The van der Waals surface area contributed by atoms with Crippen molar-refractivity contribution in [2.24, 2.45) is 0 Å². The molecule has 0 N–H and O–H groups in total. The van der Waals surface area contributed by atoms with Crippen molar-refractivity contribution in [1.82, 2.24) is 0 Å².